The number of imidazole rings is 1. The van der Waals surface area contributed by atoms with Crippen LogP contribution in [0.5, 0.6) is 11.5 Å². The highest BCUT2D eigenvalue weighted by molar-refractivity contribution is 6.46. The number of likely N-dealkylation sites (tertiary alicyclic amines) is 1. The largest absolute Gasteiger partial charge is 0.507 e. The quantitative estimate of drug-likeness (QED) is 0.201. The third-order valence-corrected chi connectivity index (χ3v) is 6.49. The number of carbonyl (C=O) groups is 2. The molecule has 0 radical (unpaired) electrons. The normalized spacial score (nSPS) is 16.8. The summed E-state index contributed by atoms with van der Waals surface area (Å²) in [4.78, 5) is 32.2. The van der Waals surface area contributed by atoms with Gasteiger partial charge in [0.15, 0.2) is 0 Å². The van der Waals surface area contributed by atoms with E-state index in [9.17, 15) is 14.7 Å². The fourth-order valence-corrected chi connectivity index (χ4v) is 4.52. The molecular weight excluding hydrogens is 482 g/mol. The van der Waals surface area contributed by atoms with E-state index in [-0.39, 0.29) is 11.3 Å². The summed E-state index contributed by atoms with van der Waals surface area (Å²) in [7, 11) is 0. The minimum absolute atomic E-state index is 0.0705. The maximum absolute atomic E-state index is 13.3. The molecule has 0 bridgehead atoms. The summed E-state index contributed by atoms with van der Waals surface area (Å²) in [5.41, 5.74) is 1.22. The number of carbonyl (C=O) groups excluding carboxylic acids is 2. The second-order valence-electron chi connectivity index (χ2n) is 9.71. The Kier molecular flexibility index (Phi) is 8.84. The molecule has 1 aromatic heterocycles. The van der Waals surface area contributed by atoms with Crippen LogP contribution >= 0.6 is 0 Å². The Morgan fingerprint density at radius 3 is 2.53 bits per heavy atom. The van der Waals surface area contributed by atoms with Crippen LogP contribution in [0.25, 0.3) is 5.76 Å². The van der Waals surface area contributed by atoms with Crippen molar-refractivity contribution >= 4 is 17.4 Å². The van der Waals surface area contributed by atoms with Crippen molar-refractivity contribution in [1.29, 1.82) is 0 Å². The van der Waals surface area contributed by atoms with Gasteiger partial charge in [0.2, 0.25) is 0 Å². The van der Waals surface area contributed by atoms with Gasteiger partial charge in [-0.1, -0.05) is 26.0 Å². The summed E-state index contributed by atoms with van der Waals surface area (Å²) in [5.74, 6) is 0.295. The molecule has 1 saturated heterocycles. The molecule has 0 aliphatic carbocycles. The molecule has 2 heterocycles. The van der Waals surface area contributed by atoms with Crippen LogP contribution in [-0.2, 0) is 16.1 Å². The van der Waals surface area contributed by atoms with E-state index >= 15 is 0 Å². The van der Waals surface area contributed by atoms with Gasteiger partial charge in [-0.3, -0.25) is 9.59 Å². The van der Waals surface area contributed by atoms with Crippen molar-refractivity contribution < 1.29 is 24.2 Å². The number of nitrogens with zero attached hydrogens (tertiary/aromatic N) is 3. The van der Waals surface area contributed by atoms with Crippen LogP contribution in [0.1, 0.15) is 50.8 Å². The number of aliphatic hydroxyl groups excluding tert-OH is 1. The van der Waals surface area contributed by atoms with Crippen LogP contribution in [0, 0.1) is 5.92 Å². The van der Waals surface area contributed by atoms with Gasteiger partial charge in [-0.15, -0.1) is 0 Å². The summed E-state index contributed by atoms with van der Waals surface area (Å²) in [6, 6.07) is 13.5. The highest BCUT2D eigenvalue weighted by Gasteiger charge is 2.45. The molecule has 3 aromatic rings. The Hall–Kier alpha value is -4.07. The van der Waals surface area contributed by atoms with Crippen LogP contribution in [0.4, 0.5) is 0 Å². The SMILES string of the molecule is CCOc1ccc(C(O)=C2C(=O)C(=O)N(CCCn3ccnc3)C2c2cccc(OCCC(C)C)c2)cc1. The number of aryl methyl sites for hydroxylation is 1. The number of hydrogen-bond donors (Lipinski definition) is 1. The molecule has 0 saturated carbocycles. The summed E-state index contributed by atoms with van der Waals surface area (Å²) in [6.07, 6.45) is 6.81. The van der Waals surface area contributed by atoms with E-state index in [1.807, 2.05) is 42.0 Å². The highest BCUT2D eigenvalue weighted by atomic mass is 16.5. The number of rotatable bonds is 12. The molecule has 2 aromatic carbocycles. The van der Waals surface area contributed by atoms with Gasteiger partial charge in [-0.25, -0.2) is 4.98 Å². The Bertz CT molecular complexity index is 1270. The van der Waals surface area contributed by atoms with E-state index < -0.39 is 17.7 Å². The number of Topliss-reactive ketones (excluding diaryl/α,β-unsaturated/α-hetero) is 1. The summed E-state index contributed by atoms with van der Waals surface area (Å²) >= 11 is 0. The lowest BCUT2D eigenvalue weighted by molar-refractivity contribution is -0.139. The Labute approximate surface area is 223 Å². The number of aromatic nitrogens is 2. The van der Waals surface area contributed by atoms with E-state index in [2.05, 4.69) is 18.8 Å². The first-order valence-corrected chi connectivity index (χ1v) is 13.1. The number of hydrogen-bond acceptors (Lipinski definition) is 6. The van der Waals surface area contributed by atoms with Crippen LogP contribution in [0.15, 0.2) is 72.8 Å². The monoisotopic (exact) mass is 517 g/mol. The molecule has 38 heavy (non-hydrogen) atoms. The smallest absolute Gasteiger partial charge is 0.295 e. The van der Waals surface area contributed by atoms with Gasteiger partial charge in [0.25, 0.3) is 11.7 Å². The number of amides is 1. The molecule has 1 fully saturated rings. The van der Waals surface area contributed by atoms with E-state index in [1.54, 1.807) is 41.7 Å². The number of ether oxygens (including phenoxy) is 2. The predicted octanol–water partition coefficient (Wildman–Crippen LogP) is 5.22. The standard InChI is InChI=1S/C30H35N3O5/c1-4-37-24-11-9-22(10-12-24)28(34)26-27(23-7-5-8-25(19-23)38-18-13-21(2)3)33(30(36)29(26)35)16-6-15-32-17-14-31-20-32/h5,7-12,14,17,19-21,27,34H,4,6,13,15-16,18H2,1-3H3. The lowest BCUT2D eigenvalue weighted by atomic mass is 9.95. The molecule has 200 valence electrons. The summed E-state index contributed by atoms with van der Waals surface area (Å²) < 4.78 is 13.4. The van der Waals surface area contributed by atoms with E-state index in [0.29, 0.717) is 61.3 Å². The van der Waals surface area contributed by atoms with Crippen molar-refractivity contribution in [2.75, 3.05) is 19.8 Å². The lowest BCUT2D eigenvalue weighted by Gasteiger charge is -2.26. The number of benzene rings is 2. The second kappa shape index (κ2) is 12.4. The Morgan fingerprint density at radius 1 is 1.05 bits per heavy atom. The topological polar surface area (TPSA) is 93.9 Å². The van der Waals surface area contributed by atoms with E-state index in [0.717, 1.165) is 6.42 Å². The highest BCUT2D eigenvalue weighted by Crippen LogP contribution is 2.40. The van der Waals surface area contributed by atoms with Crippen LogP contribution in [0.3, 0.4) is 0 Å². The molecule has 0 spiro atoms. The van der Waals surface area contributed by atoms with Gasteiger partial charge < -0.3 is 24.0 Å². The molecular formula is C30H35N3O5. The van der Waals surface area contributed by atoms with Crippen LogP contribution < -0.4 is 9.47 Å². The third-order valence-electron chi connectivity index (χ3n) is 6.49. The van der Waals surface area contributed by atoms with Gasteiger partial charge in [-0.2, -0.15) is 0 Å². The summed E-state index contributed by atoms with van der Waals surface area (Å²) in [6.45, 7) is 8.24. The van der Waals surface area contributed by atoms with E-state index in [4.69, 9.17) is 9.47 Å². The second-order valence-corrected chi connectivity index (χ2v) is 9.71. The maximum Gasteiger partial charge on any atom is 0.295 e. The van der Waals surface area contributed by atoms with Crippen molar-refractivity contribution in [3.8, 4) is 11.5 Å². The maximum atomic E-state index is 13.3. The minimum Gasteiger partial charge on any atom is -0.507 e. The molecule has 1 aliphatic rings. The Morgan fingerprint density at radius 2 is 1.84 bits per heavy atom. The fraction of sp³-hybridized carbons (Fsp3) is 0.367. The zero-order valence-corrected chi connectivity index (χ0v) is 22.2. The first kappa shape index (κ1) is 27.0. The van der Waals surface area contributed by atoms with Gasteiger partial charge in [0, 0.05) is 31.0 Å². The van der Waals surface area contributed by atoms with Crippen molar-refractivity contribution in [1.82, 2.24) is 14.5 Å². The average molecular weight is 518 g/mol. The molecule has 1 N–H and O–H groups in total. The van der Waals surface area contributed by atoms with Crippen molar-refractivity contribution in [3.63, 3.8) is 0 Å². The molecule has 8 nitrogen and oxygen atoms in total. The Balaban J connectivity index is 1.69. The molecule has 1 amide bonds. The summed E-state index contributed by atoms with van der Waals surface area (Å²) in [5, 5.41) is 11.3. The molecule has 4 rings (SSSR count). The minimum atomic E-state index is -0.738. The van der Waals surface area contributed by atoms with Crippen molar-refractivity contribution in [3.05, 3.63) is 84.0 Å². The zero-order chi connectivity index (χ0) is 27.1. The predicted molar refractivity (Wildman–Crippen MR) is 145 cm³/mol. The molecule has 1 atom stereocenters. The lowest BCUT2D eigenvalue weighted by Crippen LogP contribution is -2.31. The molecule has 1 unspecified atom stereocenters. The van der Waals surface area contributed by atoms with Gasteiger partial charge in [0.05, 0.1) is 31.2 Å². The molecule has 1 aliphatic heterocycles. The zero-order valence-electron chi connectivity index (χ0n) is 22.2. The third kappa shape index (κ3) is 6.25. The number of ketones is 1. The number of aliphatic hydroxyl groups is 1. The van der Waals surface area contributed by atoms with Crippen molar-refractivity contribution in [2.45, 2.75) is 46.2 Å². The van der Waals surface area contributed by atoms with Crippen molar-refractivity contribution in [2.24, 2.45) is 5.92 Å². The fourth-order valence-electron chi connectivity index (χ4n) is 4.52. The van der Waals surface area contributed by atoms with E-state index in [1.165, 1.54) is 0 Å². The van der Waals surface area contributed by atoms with Crippen LogP contribution in [0.2, 0.25) is 0 Å². The average Bonchev–Trinajstić information content (AvgIpc) is 3.51. The van der Waals surface area contributed by atoms with Crippen LogP contribution in [-0.4, -0.2) is 51.0 Å². The first-order chi connectivity index (χ1) is 18.4. The first-order valence-electron chi connectivity index (χ1n) is 13.1. The van der Waals surface area contributed by atoms with Gasteiger partial charge in [-0.05, 0) is 67.6 Å². The van der Waals surface area contributed by atoms with Gasteiger partial charge >= 0.3 is 0 Å². The molecule has 8 heteroatoms. The van der Waals surface area contributed by atoms with Gasteiger partial charge in [0.1, 0.15) is 17.3 Å².